The molecule has 1 saturated carbocycles. The number of rotatable bonds is 6. The number of hydrogen-bond donors (Lipinski definition) is 1. The normalized spacial score (nSPS) is 18.2. The summed E-state index contributed by atoms with van der Waals surface area (Å²) in [5.41, 5.74) is 4.95. The van der Waals surface area contributed by atoms with E-state index in [-0.39, 0.29) is 0 Å². The average molecular weight is 427 g/mol. The van der Waals surface area contributed by atoms with Gasteiger partial charge < -0.3 is 10.2 Å². The molecule has 0 spiro atoms. The number of nitrogens with zero attached hydrogens (tertiary/aromatic N) is 3. The van der Waals surface area contributed by atoms with Gasteiger partial charge in [-0.3, -0.25) is 9.69 Å². The maximum Gasteiger partial charge on any atom is 0.225 e. The Bertz CT molecular complexity index is 879. The predicted octanol–water partition coefficient (Wildman–Crippen LogP) is 4.90. The minimum absolute atomic E-state index is 0.296. The molecule has 1 saturated heterocycles. The van der Waals surface area contributed by atoms with Crippen molar-refractivity contribution in [3.8, 4) is 0 Å². The van der Waals surface area contributed by atoms with Gasteiger partial charge in [-0.05, 0) is 50.3 Å². The molecule has 1 amide bonds. The summed E-state index contributed by atoms with van der Waals surface area (Å²) < 4.78 is 0. The molecule has 1 N–H and O–H groups in total. The molecular weight excluding hydrogens is 392 g/mol. The van der Waals surface area contributed by atoms with Gasteiger partial charge in [0.05, 0.1) is 5.69 Å². The van der Waals surface area contributed by atoms with Crippen LogP contribution < -0.4 is 5.32 Å². The number of carbonyl (C=O) groups excluding carboxylic acids is 1. The number of anilines is 2. The smallest absolute Gasteiger partial charge is 0.225 e. The largest absolute Gasteiger partial charge is 0.340 e. The predicted molar refractivity (Wildman–Crippen MR) is 125 cm³/mol. The summed E-state index contributed by atoms with van der Waals surface area (Å²) in [6, 6.07) is 6.49. The molecule has 0 bridgehead atoms. The summed E-state index contributed by atoms with van der Waals surface area (Å²) in [5, 5.41) is 4.51. The lowest BCUT2D eigenvalue weighted by Gasteiger charge is -2.36. The first-order valence-corrected chi connectivity index (χ1v) is 12.2. The van der Waals surface area contributed by atoms with Crippen molar-refractivity contribution in [3.05, 3.63) is 39.9 Å². The van der Waals surface area contributed by atoms with Crippen LogP contribution in [0.25, 0.3) is 0 Å². The molecule has 30 heavy (non-hydrogen) atoms. The van der Waals surface area contributed by atoms with Crippen molar-refractivity contribution in [1.29, 1.82) is 0 Å². The van der Waals surface area contributed by atoms with Gasteiger partial charge in [0.25, 0.3) is 0 Å². The minimum atomic E-state index is 0.296. The van der Waals surface area contributed by atoms with E-state index in [2.05, 4.69) is 54.1 Å². The molecule has 5 nitrogen and oxygen atoms in total. The Morgan fingerprint density at radius 2 is 1.90 bits per heavy atom. The fraction of sp³-hybridized carbons (Fsp3) is 0.583. The number of benzene rings is 1. The Kier molecular flexibility index (Phi) is 6.74. The van der Waals surface area contributed by atoms with Crippen LogP contribution in [-0.2, 0) is 17.8 Å². The first-order chi connectivity index (χ1) is 14.5. The van der Waals surface area contributed by atoms with E-state index in [1.165, 1.54) is 34.5 Å². The lowest BCUT2D eigenvalue weighted by Crippen LogP contribution is -2.49. The number of amides is 1. The molecule has 0 unspecified atom stereocenters. The monoisotopic (exact) mass is 426 g/mol. The minimum Gasteiger partial charge on any atom is -0.340 e. The molecule has 2 aliphatic rings. The first kappa shape index (κ1) is 21.3. The van der Waals surface area contributed by atoms with Gasteiger partial charge in [-0.1, -0.05) is 31.9 Å². The maximum atomic E-state index is 12.7. The Morgan fingerprint density at radius 3 is 2.57 bits per heavy atom. The molecule has 2 aromatic rings. The highest BCUT2D eigenvalue weighted by Crippen LogP contribution is 2.30. The summed E-state index contributed by atoms with van der Waals surface area (Å²) in [7, 11) is 0. The van der Waals surface area contributed by atoms with E-state index < -0.39 is 0 Å². The second-order valence-corrected chi connectivity index (χ2v) is 9.88. The van der Waals surface area contributed by atoms with Gasteiger partial charge in [0.15, 0.2) is 5.13 Å². The molecule has 2 fully saturated rings. The van der Waals surface area contributed by atoms with E-state index in [4.69, 9.17) is 4.98 Å². The zero-order valence-electron chi connectivity index (χ0n) is 18.5. The maximum absolute atomic E-state index is 12.7. The van der Waals surface area contributed by atoms with Crippen LogP contribution in [0.15, 0.2) is 18.2 Å². The number of aromatic nitrogens is 1. The van der Waals surface area contributed by atoms with Crippen LogP contribution in [0, 0.1) is 19.8 Å². The first-order valence-electron chi connectivity index (χ1n) is 11.4. The van der Waals surface area contributed by atoms with Gasteiger partial charge in [-0.25, -0.2) is 4.98 Å². The van der Waals surface area contributed by atoms with Gasteiger partial charge in [0.2, 0.25) is 5.91 Å². The van der Waals surface area contributed by atoms with E-state index in [0.717, 1.165) is 62.8 Å². The molecule has 0 atom stereocenters. The summed E-state index contributed by atoms with van der Waals surface area (Å²) in [6.45, 7) is 11.1. The van der Waals surface area contributed by atoms with Crippen LogP contribution >= 0.6 is 11.3 Å². The van der Waals surface area contributed by atoms with Crippen LogP contribution in [0.4, 0.5) is 10.8 Å². The van der Waals surface area contributed by atoms with Crippen LogP contribution in [0.2, 0.25) is 0 Å². The zero-order valence-corrected chi connectivity index (χ0v) is 19.4. The average Bonchev–Trinajstić information content (AvgIpc) is 3.41. The van der Waals surface area contributed by atoms with E-state index in [9.17, 15) is 4.79 Å². The third-order valence-electron chi connectivity index (χ3n) is 6.70. The molecule has 4 rings (SSSR count). The highest BCUT2D eigenvalue weighted by molar-refractivity contribution is 7.15. The second kappa shape index (κ2) is 9.48. The third kappa shape index (κ3) is 4.70. The molecule has 162 valence electrons. The Hall–Kier alpha value is -1.92. The van der Waals surface area contributed by atoms with Crippen molar-refractivity contribution < 1.29 is 4.79 Å². The highest BCUT2D eigenvalue weighted by Gasteiger charge is 2.29. The highest BCUT2D eigenvalue weighted by atomic mass is 32.1. The fourth-order valence-corrected chi connectivity index (χ4v) is 5.63. The summed E-state index contributed by atoms with van der Waals surface area (Å²) in [5.74, 6) is 0.698. The molecule has 6 heteroatoms. The zero-order chi connectivity index (χ0) is 21.1. The topological polar surface area (TPSA) is 48.5 Å². The van der Waals surface area contributed by atoms with Gasteiger partial charge in [-0.2, -0.15) is 0 Å². The number of piperazine rings is 1. The second-order valence-electron chi connectivity index (χ2n) is 8.67. The SMILES string of the molecule is CCc1nc(Nc2cccc(CN3CCN(C(=O)C4CCCC4)CC3)c2C)sc1C. The van der Waals surface area contributed by atoms with Crippen molar-refractivity contribution in [2.75, 3.05) is 31.5 Å². The molecule has 2 heterocycles. The fourth-order valence-electron chi connectivity index (χ4n) is 4.71. The summed E-state index contributed by atoms with van der Waals surface area (Å²) in [6.07, 6.45) is 5.60. The molecule has 1 aromatic heterocycles. The molecular formula is C24H34N4OS. The quantitative estimate of drug-likeness (QED) is 0.714. The number of nitrogens with one attached hydrogen (secondary N) is 1. The van der Waals surface area contributed by atoms with E-state index in [0.29, 0.717) is 11.8 Å². The Balaban J connectivity index is 1.36. The van der Waals surface area contributed by atoms with Crippen molar-refractivity contribution >= 4 is 28.1 Å². The molecule has 1 aliphatic heterocycles. The lowest BCUT2D eigenvalue weighted by molar-refractivity contribution is -0.137. The standard InChI is InChI=1S/C24H34N4OS/c1-4-21-18(3)30-24(25-21)26-22-11-7-10-20(17(22)2)16-27-12-14-28(15-13-27)23(29)19-8-5-6-9-19/h7,10-11,19H,4-6,8-9,12-16H2,1-3H3,(H,25,26). The van der Waals surface area contributed by atoms with Gasteiger partial charge in [-0.15, -0.1) is 11.3 Å². The van der Waals surface area contributed by atoms with Crippen molar-refractivity contribution in [2.45, 2.75) is 59.4 Å². The van der Waals surface area contributed by atoms with E-state index in [1.807, 2.05) is 0 Å². The van der Waals surface area contributed by atoms with Crippen molar-refractivity contribution in [3.63, 3.8) is 0 Å². The molecule has 1 aliphatic carbocycles. The summed E-state index contributed by atoms with van der Waals surface area (Å²) in [4.78, 5) is 23.3. The number of thiazole rings is 1. The van der Waals surface area contributed by atoms with Crippen LogP contribution in [-0.4, -0.2) is 46.9 Å². The summed E-state index contributed by atoms with van der Waals surface area (Å²) >= 11 is 1.73. The third-order valence-corrected chi connectivity index (χ3v) is 7.63. The Labute approximate surface area is 184 Å². The van der Waals surface area contributed by atoms with Crippen LogP contribution in [0.1, 0.15) is 54.3 Å². The number of aryl methyl sites for hydroxylation is 2. The van der Waals surface area contributed by atoms with Crippen LogP contribution in [0.5, 0.6) is 0 Å². The van der Waals surface area contributed by atoms with Crippen LogP contribution in [0.3, 0.4) is 0 Å². The number of carbonyl (C=O) groups is 1. The Morgan fingerprint density at radius 1 is 1.17 bits per heavy atom. The van der Waals surface area contributed by atoms with Gasteiger partial charge in [0, 0.05) is 49.2 Å². The molecule has 1 aromatic carbocycles. The van der Waals surface area contributed by atoms with E-state index >= 15 is 0 Å². The van der Waals surface area contributed by atoms with Gasteiger partial charge in [0.1, 0.15) is 0 Å². The van der Waals surface area contributed by atoms with Crippen molar-refractivity contribution in [2.24, 2.45) is 5.92 Å². The van der Waals surface area contributed by atoms with Gasteiger partial charge >= 0.3 is 0 Å². The lowest BCUT2D eigenvalue weighted by atomic mass is 10.0. The molecule has 0 radical (unpaired) electrons. The number of hydrogen-bond acceptors (Lipinski definition) is 5. The van der Waals surface area contributed by atoms with Crippen molar-refractivity contribution in [1.82, 2.24) is 14.8 Å². The van der Waals surface area contributed by atoms with E-state index in [1.54, 1.807) is 11.3 Å².